The Morgan fingerprint density at radius 3 is 2.16 bits per heavy atom. The molecule has 2 heterocycles. The van der Waals surface area contributed by atoms with Gasteiger partial charge in [-0.2, -0.15) is 9.61 Å². The van der Waals surface area contributed by atoms with Gasteiger partial charge in [0.05, 0.1) is 6.20 Å². The first-order chi connectivity index (χ1) is 15.1. The molecule has 0 bridgehead atoms. The summed E-state index contributed by atoms with van der Waals surface area (Å²) < 4.78 is 6.89. The van der Waals surface area contributed by atoms with Crippen LogP contribution in [0.2, 0.25) is 5.15 Å². The van der Waals surface area contributed by atoms with Crippen molar-refractivity contribution in [2.75, 3.05) is 11.9 Å². The lowest BCUT2D eigenvalue weighted by atomic mass is 10.2. The lowest BCUT2D eigenvalue weighted by Crippen LogP contribution is -2.35. The normalized spacial score (nSPS) is 11.6. The molecule has 0 saturated heterocycles. The van der Waals surface area contributed by atoms with E-state index in [1.807, 2.05) is 69.2 Å². The van der Waals surface area contributed by atoms with E-state index in [9.17, 15) is 9.59 Å². The topological polar surface area (TPSA) is 88.8 Å². The minimum absolute atomic E-state index is 0.298. The SMILES string of the molecule is CC.CC.CC.Cc1cnn2c(N(C)C(=O)OC(C)(C)C)cc(Cl)nc12.O=CNC1CC1. The van der Waals surface area contributed by atoms with Crippen LogP contribution < -0.4 is 10.2 Å². The molecular weight excluding hydrogens is 430 g/mol. The maximum atomic E-state index is 12.1. The predicted molar refractivity (Wildman–Crippen MR) is 134 cm³/mol. The van der Waals surface area contributed by atoms with Crippen LogP contribution in [0, 0.1) is 6.92 Å². The van der Waals surface area contributed by atoms with E-state index in [4.69, 9.17) is 16.3 Å². The van der Waals surface area contributed by atoms with Crippen molar-refractivity contribution in [3.8, 4) is 0 Å². The van der Waals surface area contributed by atoms with Crippen molar-refractivity contribution in [3.63, 3.8) is 0 Å². The predicted octanol–water partition coefficient (Wildman–Crippen LogP) is 6.04. The summed E-state index contributed by atoms with van der Waals surface area (Å²) in [5.41, 5.74) is 0.927. The Bertz CT molecular complexity index is 799. The molecule has 1 aliphatic rings. The summed E-state index contributed by atoms with van der Waals surface area (Å²) in [6.07, 6.45) is 4.31. The zero-order chi connectivity index (χ0) is 25.5. The van der Waals surface area contributed by atoms with Crippen LogP contribution in [-0.4, -0.2) is 45.8 Å². The van der Waals surface area contributed by atoms with Crippen LogP contribution >= 0.6 is 11.6 Å². The van der Waals surface area contributed by atoms with Crippen LogP contribution in [0.3, 0.4) is 0 Å². The number of aromatic nitrogens is 3. The molecule has 184 valence electrons. The van der Waals surface area contributed by atoms with Crippen molar-refractivity contribution in [3.05, 3.63) is 23.0 Å². The van der Waals surface area contributed by atoms with Gasteiger partial charge in [0.25, 0.3) is 0 Å². The third-order valence-corrected chi connectivity index (χ3v) is 3.68. The van der Waals surface area contributed by atoms with Gasteiger partial charge in [-0.3, -0.25) is 9.69 Å². The maximum Gasteiger partial charge on any atom is 0.415 e. The molecule has 1 fully saturated rings. The number of fused-ring (bicyclic) bond motifs is 1. The molecule has 32 heavy (non-hydrogen) atoms. The zero-order valence-corrected chi connectivity index (χ0v) is 22.4. The van der Waals surface area contributed by atoms with E-state index >= 15 is 0 Å². The van der Waals surface area contributed by atoms with Crippen molar-refractivity contribution in [2.45, 2.75) is 93.7 Å². The molecule has 0 atom stereocenters. The van der Waals surface area contributed by atoms with Gasteiger partial charge in [-0.25, -0.2) is 9.78 Å². The highest BCUT2D eigenvalue weighted by Crippen LogP contribution is 2.22. The maximum absolute atomic E-state index is 12.1. The average Bonchev–Trinajstić information content (AvgIpc) is 3.52. The first-order valence-electron chi connectivity index (χ1n) is 11.3. The second kappa shape index (κ2) is 16.3. The Labute approximate surface area is 198 Å². The summed E-state index contributed by atoms with van der Waals surface area (Å²) in [5, 5.41) is 7.14. The fraction of sp³-hybridized carbons (Fsp3) is 0.652. The fourth-order valence-corrected chi connectivity index (χ4v) is 2.21. The molecular formula is C23H42ClN5O3. The van der Waals surface area contributed by atoms with Gasteiger partial charge in [0.1, 0.15) is 16.6 Å². The smallest absolute Gasteiger partial charge is 0.415 e. The molecule has 2 amide bonds. The van der Waals surface area contributed by atoms with Gasteiger partial charge < -0.3 is 10.1 Å². The molecule has 3 rings (SSSR count). The number of nitrogens with one attached hydrogen (secondary N) is 1. The van der Waals surface area contributed by atoms with Crippen molar-refractivity contribution in [2.24, 2.45) is 0 Å². The number of rotatable bonds is 3. The number of carbonyl (C=O) groups excluding carboxylic acids is 2. The van der Waals surface area contributed by atoms with Crippen molar-refractivity contribution < 1.29 is 14.3 Å². The number of hydrogen-bond donors (Lipinski definition) is 1. The molecule has 0 unspecified atom stereocenters. The molecule has 1 aliphatic carbocycles. The van der Waals surface area contributed by atoms with Gasteiger partial charge in [-0.15, -0.1) is 0 Å². The average molecular weight is 472 g/mol. The number of nitrogens with zero attached hydrogens (tertiary/aromatic N) is 4. The van der Waals surface area contributed by atoms with E-state index in [1.165, 1.54) is 17.7 Å². The van der Waals surface area contributed by atoms with E-state index < -0.39 is 11.7 Å². The lowest BCUT2D eigenvalue weighted by molar-refractivity contribution is -0.109. The zero-order valence-electron chi connectivity index (χ0n) is 21.6. The monoisotopic (exact) mass is 471 g/mol. The number of carbonyl (C=O) groups is 2. The van der Waals surface area contributed by atoms with Gasteiger partial charge in [-0.1, -0.05) is 53.1 Å². The Morgan fingerprint density at radius 1 is 1.22 bits per heavy atom. The minimum Gasteiger partial charge on any atom is -0.443 e. The molecule has 0 radical (unpaired) electrons. The van der Waals surface area contributed by atoms with E-state index in [0.29, 0.717) is 22.7 Å². The number of ether oxygens (including phenoxy) is 1. The highest BCUT2D eigenvalue weighted by atomic mass is 35.5. The molecule has 0 spiro atoms. The number of anilines is 1. The Kier molecular flexibility index (Phi) is 16.2. The summed E-state index contributed by atoms with van der Waals surface area (Å²) in [7, 11) is 1.61. The van der Waals surface area contributed by atoms with Crippen molar-refractivity contribution in [1.29, 1.82) is 0 Å². The summed E-state index contributed by atoms with van der Waals surface area (Å²) in [4.78, 5) is 27.2. The summed E-state index contributed by atoms with van der Waals surface area (Å²) in [5.74, 6) is 0.502. The summed E-state index contributed by atoms with van der Waals surface area (Å²) in [6.45, 7) is 19.3. The molecule has 2 aromatic heterocycles. The van der Waals surface area contributed by atoms with Gasteiger partial charge in [-0.05, 0) is 40.5 Å². The number of amides is 2. The van der Waals surface area contributed by atoms with Gasteiger partial charge >= 0.3 is 6.09 Å². The van der Waals surface area contributed by atoms with Crippen LogP contribution in [0.15, 0.2) is 12.3 Å². The molecule has 2 aromatic rings. The quantitative estimate of drug-likeness (QED) is 0.435. The molecule has 1 saturated carbocycles. The fourth-order valence-electron chi connectivity index (χ4n) is 2.04. The Morgan fingerprint density at radius 2 is 1.75 bits per heavy atom. The van der Waals surface area contributed by atoms with Crippen molar-refractivity contribution in [1.82, 2.24) is 19.9 Å². The Hall–Kier alpha value is -2.35. The molecule has 0 aromatic carbocycles. The lowest BCUT2D eigenvalue weighted by Gasteiger charge is -2.24. The molecule has 9 heteroatoms. The third kappa shape index (κ3) is 11.3. The third-order valence-electron chi connectivity index (χ3n) is 3.49. The number of halogens is 1. The van der Waals surface area contributed by atoms with Crippen LogP contribution in [0.25, 0.3) is 5.65 Å². The van der Waals surface area contributed by atoms with Crippen LogP contribution in [-0.2, 0) is 9.53 Å². The molecule has 8 nitrogen and oxygen atoms in total. The highest BCUT2D eigenvalue weighted by Gasteiger charge is 2.23. The largest absolute Gasteiger partial charge is 0.443 e. The second-order valence-electron chi connectivity index (χ2n) is 7.10. The van der Waals surface area contributed by atoms with E-state index in [-0.39, 0.29) is 0 Å². The van der Waals surface area contributed by atoms with Gasteiger partial charge in [0, 0.05) is 24.7 Å². The van der Waals surface area contributed by atoms with Crippen LogP contribution in [0.5, 0.6) is 0 Å². The molecule has 0 aliphatic heterocycles. The summed E-state index contributed by atoms with van der Waals surface area (Å²) >= 11 is 6.00. The first-order valence-corrected chi connectivity index (χ1v) is 11.7. The number of hydrogen-bond acceptors (Lipinski definition) is 5. The van der Waals surface area contributed by atoms with E-state index in [0.717, 1.165) is 12.0 Å². The molecule has 1 N–H and O–H groups in total. The minimum atomic E-state index is -0.568. The summed E-state index contributed by atoms with van der Waals surface area (Å²) in [6, 6.07) is 2.10. The van der Waals surface area contributed by atoms with Crippen LogP contribution in [0.1, 0.15) is 80.7 Å². The number of aryl methyl sites for hydroxylation is 1. The standard InChI is InChI=1S/C13H17ClN4O2.C4H7NO.3C2H6/c1-8-7-15-18-10(6-9(14)16-11(8)18)17(5)12(19)20-13(2,3)4;6-3-5-4-1-2-4;3*1-2/h6-7H,1-5H3;3-4H,1-2H2,(H,5,6);3*1-2H3. The van der Waals surface area contributed by atoms with E-state index in [1.54, 1.807) is 23.8 Å². The second-order valence-corrected chi connectivity index (χ2v) is 7.49. The van der Waals surface area contributed by atoms with Crippen LogP contribution in [0.4, 0.5) is 10.6 Å². The van der Waals surface area contributed by atoms with E-state index in [2.05, 4.69) is 15.4 Å². The highest BCUT2D eigenvalue weighted by molar-refractivity contribution is 6.29. The van der Waals surface area contributed by atoms with Gasteiger partial charge in [0.15, 0.2) is 5.65 Å². The van der Waals surface area contributed by atoms with Crippen molar-refractivity contribution >= 4 is 35.6 Å². The first kappa shape index (κ1) is 31.8. The van der Waals surface area contributed by atoms with Gasteiger partial charge in [0.2, 0.25) is 6.41 Å². The Balaban J connectivity index is 0.